The van der Waals surface area contributed by atoms with Gasteiger partial charge in [0, 0.05) is 48.8 Å². The number of hydrogen-bond acceptors (Lipinski definition) is 5. The first-order valence-corrected chi connectivity index (χ1v) is 9.62. The van der Waals surface area contributed by atoms with E-state index in [4.69, 9.17) is 0 Å². The fraction of sp³-hybridized carbons (Fsp3) is 0.263. The highest BCUT2D eigenvalue weighted by Crippen LogP contribution is 2.22. The molecule has 0 unspecified atom stereocenters. The average Bonchev–Trinajstić information content (AvgIpc) is 2.72. The fourth-order valence-electron chi connectivity index (χ4n) is 2.83. The van der Waals surface area contributed by atoms with Crippen molar-refractivity contribution in [3.8, 4) is 0 Å². The molecule has 3 rings (SSSR count). The van der Waals surface area contributed by atoms with Crippen molar-refractivity contribution >= 4 is 29.3 Å². The van der Waals surface area contributed by atoms with E-state index < -0.39 is 10.7 Å². The van der Waals surface area contributed by atoms with Gasteiger partial charge in [0.05, 0.1) is 10.7 Å². The summed E-state index contributed by atoms with van der Waals surface area (Å²) in [6.45, 7) is 1.72. The van der Waals surface area contributed by atoms with E-state index in [0.717, 1.165) is 4.90 Å². The molecule has 1 heterocycles. The minimum atomic E-state index is -0.466. The number of rotatable bonds is 5. The van der Waals surface area contributed by atoms with Crippen molar-refractivity contribution in [2.75, 3.05) is 31.9 Å². The zero-order valence-corrected chi connectivity index (χ0v) is 15.7. The van der Waals surface area contributed by atoms with Gasteiger partial charge in [-0.05, 0) is 36.4 Å². The molecule has 2 aromatic carbocycles. The van der Waals surface area contributed by atoms with E-state index in [-0.39, 0.29) is 23.3 Å². The summed E-state index contributed by atoms with van der Waals surface area (Å²) >= 11 is 1.32. The summed E-state index contributed by atoms with van der Waals surface area (Å²) in [5, 5.41) is 10.7. The zero-order valence-electron chi connectivity index (χ0n) is 14.9. The number of thioether (sulfide) groups is 1. The van der Waals surface area contributed by atoms with Crippen LogP contribution in [0.4, 0.5) is 10.1 Å². The lowest BCUT2D eigenvalue weighted by molar-refractivity contribution is -0.384. The minimum Gasteiger partial charge on any atom is -0.338 e. The number of halogens is 1. The molecule has 0 aromatic heterocycles. The number of nitro groups is 1. The number of amides is 2. The first kappa shape index (κ1) is 19.8. The topological polar surface area (TPSA) is 83.8 Å². The van der Waals surface area contributed by atoms with Crippen LogP contribution in [0, 0.1) is 15.9 Å². The molecule has 1 saturated heterocycles. The maximum absolute atomic E-state index is 13.0. The Balaban J connectivity index is 1.47. The highest BCUT2D eigenvalue weighted by Gasteiger charge is 2.24. The van der Waals surface area contributed by atoms with E-state index in [9.17, 15) is 24.1 Å². The van der Waals surface area contributed by atoms with Gasteiger partial charge >= 0.3 is 0 Å². The van der Waals surface area contributed by atoms with Gasteiger partial charge in [0.2, 0.25) is 5.91 Å². The second-order valence-electron chi connectivity index (χ2n) is 6.22. The Morgan fingerprint density at radius 3 is 2.11 bits per heavy atom. The Kier molecular flexibility index (Phi) is 6.25. The van der Waals surface area contributed by atoms with Gasteiger partial charge in [-0.25, -0.2) is 4.39 Å². The molecular formula is C19H18FN3O4S. The van der Waals surface area contributed by atoms with Gasteiger partial charge in [-0.15, -0.1) is 11.8 Å². The van der Waals surface area contributed by atoms with Crippen LogP contribution in [-0.4, -0.2) is 58.5 Å². The molecule has 0 saturated carbocycles. The molecule has 0 spiro atoms. The smallest absolute Gasteiger partial charge is 0.269 e. The molecule has 0 N–H and O–H groups in total. The fourth-order valence-corrected chi connectivity index (χ4v) is 3.64. The maximum Gasteiger partial charge on any atom is 0.269 e. The number of nitrogens with zero attached hydrogens (tertiary/aromatic N) is 3. The zero-order chi connectivity index (χ0) is 20.1. The van der Waals surface area contributed by atoms with Gasteiger partial charge in [0.25, 0.3) is 11.6 Å². The second kappa shape index (κ2) is 8.83. The van der Waals surface area contributed by atoms with E-state index in [1.54, 1.807) is 21.9 Å². The van der Waals surface area contributed by atoms with Crippen LogP contribution in [-0.2, 0) is 4.79 Å². The van der Waals surface area contributed by atoms with Crippen molar-refractivity contribution in [1.29, 1.82) is 0 Å². The third-order valence-electron chi connectivity index (χ3n) is 4.42. The van der Waals surface area contributed by atoms with E-state index in [1.165, 1.54) is 48.2 Å². The van der Waals surface area contributed by atoms with E-state index in [1.807, 2.05) is 0 Å². The Bertz CT molecular complexity index is 866. The summed E-state index contributed by atoms with van der Waals surface area (Å²) < 4.78 is 13.0. The molecule has 2 aromatic rings. The number of hydrogen-bond donors (Lipinski definition) is 0. The highest BCUT2D eigenvalue weighted by atomic mass is 32.2. The molecule has 0 bridgehead atoms. The van der Waals surface area contributed by atoms with Crippen LogP contribution < -0.4 is 0 Å². The molecule has 2 amide bonds. The molecule has 1 fully saturated rings. The number of nitro benzene ring substituents is 1. The van der Waals surface area contributed by atoms with E-state index in [0.29, 0.717) is 31.7 Å². The summed E-state index contributed by atoms with van der Waals surface area (Å²) in [5.41, 5.74) is 0.438. The van der Waals surface area contributed by atoms with Crippen molar-refractivity contribution < 1.29 is 18.9 Å². The Morgan fingerprint density at radius 2 is 1.54 bits per heavy atom. The number of carbonyl (C=O) groups excluding carboxylic acids is 2. The SMILES string of the molecule is O=C(CSc1ccc([N+](=O)[O-])cc1)N1CCN(C(=O)c2ccc(F)cc2)CC1. The molecule has 0 aliphatic carbocycles. The summed E-state index contributed by atoms with van der Waals surface area (Å²) in [6.07, 6.45) is 0. The van der Waals surface area contributed by atoms with E-state index >= 15 is 0 Å². The lowest BCUT2D eigenvalue weighted by Crippen LogP contribution is -2.51. The molecular weight excluding hydrogens is 385 g/mol. The lowest BCUT2D eigenvalue weighted by atomic mass is 10.2. The molecule has 146 valence electrons. The highest BCUT2D eigenvalue weighted by molar-refractivity contribution is 8.00. The third kappa shape index (κ3) is 4.86. The van der Waals surface area contributed by atoms with E-state index in [2.05, 4.69) is 0 Å². The summed E-state index contributed by atoms with van der Waals surface area (Å²) in [4.78, 5) is 39.1. The minimum absolute atomic E-state index is 0.0117. The molecule has 1 aliphatic heterocycles. The Morgan fingerprint density at radius 1 is 0.964 bits per heavy atom. The number of piperazine rings is 1. The van der Waals surface area contributed by atoms with Gasteiger partial charge in [-0.2, -0.15) is 0 Å². The van der Waals surface area contributed by atoms with Gasteiger partial charge in [0.15, 0.2) is 0 Å². The molecule has 28 heavy (non-hydrogen) atoms. The summed E-state index contributed by atoms with van der Waals surface area (Å²) in [7, 11) is 0. The molecule has 9 heteroatoms. The van der Waals surface area contributed by atoms with Crippen LogP contribution in [0.25, 0.3) is 0 Å². The Labute approximate surface area is 165 Å². The maximum atomic E-state index is 13.0. The van der Waals surface area contributed by atoms with Gasteiger partial charge in [-0.1, -0.05) is 0 Å². The van der Waals surface area contributed by atoms with Gasteiger partial charge in [0.1, 0.15) is 5.82 Å². The van der Waals surface area contributed by atoms with Crippen LogP contribution in [0.3, 0.4) is 0 Å². The first-order chi connectivity index (χ1) is 13.4. The number of carbonyl (C=O) groups is 2. The number of benzene rings is 2. The second-order valence-corrected chi connectivity index (χ2v) is 7.27. The van der Waals surface area contributed by atoms with Gasteiger partial charge < -0.3 is 9.80 Å². The quantitative estimate of drug-likeness (QED) is 0.435. The van der Waals surface area contributed by atoms with Crippen LogP contribution in [0.2, 0.25) is 0 Å². The van der Waals surface area contributed by atoms with Crippen molar-refractivity contribution in [2.45, 2.75) is 4.90 Å². The summed E-state index contributed by atoms with van der Waals surface area (Å²) in [5.74, 6) is -0.383. The van der Waals surface area contributed by atoms with Crippen molar-refractivity contribution in [1.82, 2.24) is 9.80 Å². The van der Waals surface area contributed by atoms with Crippen molar-refractivity contribution in [3.63, 3.8) is 0 Å². The molecule has 0 radical (unpaired) electrons. The van der Waals surface area contributed by atoms with Crippen LogP contribution in [0.5, 0.6) is 0 Å². The Hall–Kier alpha value is -2.94. The van der Waals surface area contributed by atoms with Crippen LogP contribution >= 0.6 is 11.8 Å². The predicted molar refractivity (Wildman–Crippen MR) is 103 cm³/mol. The third-order valence-corrected chi connectivity index (χ3v) is 5.42. The first-order valence-electron chi connectivity index (χ1n) is 8.64. The summed E-state index contributed by atoms with van der Waals surface area (Å²) in [6, 6.07) is 11.5. The molecule has 1 aliphatic rings. The standard InChI is InChI=1S/C19H18FN3O4S/c20-15-3-1-14(2-4-15)19(25)22-11-9-21(10-12-22)18(24)13-28-17-7-5-16(6-8-17)23(26)27/h1-8H,9-13H2. The lowest BCUT2D eigenvalue weighted by Gasteiger charge is -2.34. The monoisotopic (exact) mass is 403 g/mol. The number of non-ortho nitro benzene ring substituents is 1. The molecule has 0 atom stereocenters. The normalized spacial score (nSPS) is 14.0. The van der Waals surface area contributed by atoms with Crippen molar-refractivity contribution in [2.24, 2.45) is 0 Å². The largest absolute Gasteiger partial charge is 0.338 e. The average molecular weight is 403 g/mol. The van der Waals surface area contributed by atoms with Gasteiger partial charge in [-0.3, -0.25) is 19.7 Å². The molecule has 7 nitrogen and oxygen atoms in total. The van der Waals surface area contributed by atoms with Crippen LogP contribution in [0.1, 0.15) is 10.4 Å². The predicted octanol–water partition coefficient (Wildman–Crippen LogP) is 2.81. The van der Waals surface area contributed by atoms with Crippen molar-refractivity contribution in [3.05, 3.63) is 70.0 Å². The van der Waals surface area contributed by atoms with Crippen LogP contribution in [0.15, 0.2) is 53.4 Å².